The summed E-state index contributed by atoms with van der Waals surface area (Å²) < 4.78 is 13.8. The van der Waals surface area contributed by atoms with E-state index in [-0.39, 0.29) is 0 Å². The molecule has 2 aromatic carbocycles. The van der Waals surface area contributed by atoms with Crippen LogP contribution in [0.2, 0.25) is 0 Å². The first kappa shape index (κ1) is 30.4. The lowest BCUT2D eigenvalue weighted by Gasteiger charge is -2.27. The lowest BCUT2D eigenvalue weighted by atomic mass is 9.79. The number of aryl methyl sites for hydroxylation is 1. The van der Waals surface area contributed by atoms with E-state index in [9.17, 15) is 9.90 Å². The summed E-state index contributed by atoms with van der Waals surface area (Å²) in [5.74, 6) is 1.21. The fourth-order valence-electron chi connectivity index (χ4n) is 6.03. The fourth-order valence-corrected chi connectivity index (χ4v) is 6.03. The van der Waals surface area contributed by atoms with Gasteiger partial charge in [-0.2, -0.15) is 0 Å². The number of carbonyl (C=O) groups is 1. The van der Waals surface area contributed by atoms with Crippen molar-refractivity contribution in [2.24, 2.45) is 11.3 Å². The number of benzene rings is 2. The van der Waals surface area contributed by atoms with Crippen molar-refractivity contribution >= 4 is 16.9 Å². The van der Waals surface area contributed by atoms with Crippen molar-refractivity contribution in [2.75, 3.05) is 7.11 Å². The van der Waals surface area contributed by atoms with Crippen LogP contribution in [0, 0.1) is 18.3 Å². The number of hydrogen-bond acceptors (Lipinski definition) is 5. The molecule has 1 saturated carbocycles. The standard InChI is InChI=1S/C38H41N3O4/c1-25-8-14-30(39-21-25)24-45-31-15-16-34-33(19-31)32(18-26-6-5-7-26)35(20-38(2,3)37(42)43)41(34)23-27-9-11-28(12-10-27)29-13-17-36(44-4)40-22-29/h8-17,19,21-22,26H,5-7,18,20,23-24H2,1-4H3,(H,42,43). The van der Waals surface area contributed by atoms with Crippen LogP contribution in [0.4, 0.5) is 0 Å². The Hall–Kier alpha value is -4.65. The van der Waals surface area contributed by atoms with Gasteiger partial charge in [-0.05, 0) is 85.7 Å². The second-order valence-corrected chi connectivity index (χ2v) is 13.0. The lowest BCUT2D eigenvalue weighted by molar-refractivity contribution is -0.146. The highest BCUT2D eigenvalue weighted by Gasteiger charge is 2.32. The molecule has 0 unspecified atom stereocenters. The molecule has 7 heteroatoms. The summed E-state index contributed by atoms with van der Waals surface area (Å²) in [4.78, 5) is 21.2. The average molecular weight is 604 g/mol. The number of aliphatic carboxylic acids is 1. The summed E-state index contributed by atoms with van der Waals surface area (Å²) >= 11 is 0. The van der Waals surface area contributed by atoms with E-state index in [1.165, 1.54) is 24.8 Å². The highest BCUT2D eigenvalue weighted by atomic mass is 16.5. The number of hydrogen-bond donors (Lipinski definition) is 1. The fraction of sp³-hybridized carbons (Fsp3) is 0.342. The monoisotopic (exact) mass is 603 g/mol. The first-order valence-corrected chi connectivity index (χ1v) is 15.7. The van der Waals surface area contributed by atoms with Gasteiger partial charge in [-0.3, -0.25) is 9.78 Å². The van der Waals surface area contributed by atoms with Crippen LogP contribution in [-0.4, -0.2) is 32.7 Å². The van der Waals surface area contributed by atoms with Crippen molar-refractivity contribution in [1.82, 2.24) is 14.5 Å². The number of pyridine rings is 2. The van der Waals surface area contributed by atoms with Crippen molar-refractivity contribution in [3.8, 4) is 22.8 Å². The molecule has 1 fully saturated rings. The molecular formula is C38H41N3O4. The maximum absolute atomic E-state index is 12.4. The highest BCUT2D eigenvalue weighted by molar-refractivity contribution is 5.88. The lowest BCUT2D eigenvalue weighted by Crippen LogP contribution is -2.28. The Labute approximate surface area is 264 Å². The molecule has 0 aliphatic heterocycles. The summed E-state index contributed by atoms with van der Waals surface area (Å²) in [7, 11) is 1.61. The molecule has 5 aromatic rings. The van der Waals surface area contributed by atoms with E-state index >= 15 is 0 Å². The van der Waals surface area contributed by atoms with E-state index in [4.69, 9.17) is 9.47 Å². The van der Waals surface area contributed by atoms with Crippen LogP contribution >= 0.6 is 0 Å². The van der Waals surface area contributed by atoms with Crippen LogP contribution in [0.5, 0.6) is 11.6 Å². The third kappa shape index (κ3) is 6.72. The molecule has 7 nitrogen and oxygen atoms in total. The zero-order valence-electron chi connectivity index (χ0n) is 26.5. The van der Waals surface area contributed by atoms with E-state index in [0.29, 0.717) is 31.4 Å². The topological polar surface area (TPSA) is 86.5 Å². The Morgan fingerprint density at radius 1 is 0.978 bits per heavy atom. The van der Waals surface area contributed by atoms with Crippen LogP contribution < -0.4 is 9.47 Å². The van der Waals surface area contributed by atoms with E-state index in [1.54, 1.807) is 7.11 Å². The molecule has 0 atom stereocenters. The van der Waals surface area contributed by atoms with Gasteiger partial charge in [0.2, 0.25) is 5.88 Å². The van der Waals surface area contributed by atoms with Crippen molar-refractivity contribution in [3.63, 3.8) is 0 Å². The Kier molecular flexibility index (Phi) is 8.61. The molecule has 45 heavy (non-hydrogen) atoms. The zero-order chi connectivity index (χ0) is 31.6. The second-order valence-electron chi connectivity index (χ2n) is 13.0. The minimum atomic E-state index is -0.915. The molecule has 3 aromatic heterocycles. The van der Waals surface area contributed by atoms with Crippen molar-refractivity contribution < 1.29 is 19.4 Å². The van der Waals surface area contributed by atoms with Crippen LogP contribution in [0.15, 0.2) is 79.1 Å². The third-order valence-electron chi connectivity index (χ3n) is 9.10. The molecule has 1 N–H and O–H groups in total. The molecule has 0 saturated heterocycles. The van der Waals surface area contributed by atoms with Gasteiger partial charge in [0, 0.05) is 53.6 Å². The second kappa shape index (κ2) is 12.8. The minimum absolute atomic E-state index is 0.388. The molecular weight excluding hydrogens is 562 g/mol. The van der Waals surface area contributed by atoms with Gasteiger partial charge in [-0.25, -0.2) is 4.98 Å². The van der Waals surface area contributed by atoms with Gasteiger partial charge in [0.25, 0.3) is 0 Å². The van der Waals surface area contributed by atoms with Crippen LogP contribution in [0.3, 0.4) is 0 Å². The Morgan fingerprint density at radius 3 is 2.38 bits per heavy atom. The quantitative estimate of drug-likeness (QED) is 0.155. The van der Waals surface area contributed by atoms with E-state index < -0.39 is 11.4 Å². The van der Waals surface area contributed by atoms with Gasteiger partial charge in [0.05, 0.1) is 18.2 Å². The van der Waals surface area contributed by atoms with Crippen LogP contribution in [0.25, 0.3) is 22.0 Å². The van der Waals surface area contributed by atoms with E-state index in [2.05, 4.69) is 50.9 Å². The highest BCUT2D eigenvalue weighted by Crippen LogP contribution is 2.39. The minimum Gasteiger partial charge on any atom is -0.487 e. The summed E-state index contributed by atoms with van der Waals surface area (Å²) in [5, 5.41) is 11.3. The normalized spacial score (nSPS) is 13.5. The van der Waals surface area contributed by atoms with Crippen molar-refractivity contribution in [2.45, 2.75) is 66.0 Å². The van der Waals surface area contributed by atoms with Crippen molar-refractivity contribution in [3.05, 3.63) is 107 Å². The van der Waals surface area contributed by atoms with Crippen LogP contribution in [-0.2, 0) is 30.8 Å². The Balaban J connectivity index is 1.38. The smallest absolute Gasteiger partial charge is 0.309 e. The molecule has 6 rings (SSSR count). The number of aromatic nitrogens is 3. The molecule has 1 aliphatic carbocycles. The molecule has 0 bridgehead atoms. The van der Waals surface area contributed by atoms with Crippen molar-refractivity contribution in [1.29, 1.82) is 0 Å². The van der Waals surface area contributed by atoms with Gasteiger partial charge < -0.3 is 19.1 Å². The largest absolute Gasteiger partial charge is 0.487 e. The third-order valence-corrected chi connectivity index (χ3v) is 9.10. The number of carboxylic acid groups (broad SMARTS) is 1. The number of carboxylic acids is 1. The van der Waals surface area contributed by atoms with E-state index in [0.717, 1.165) is 56.7 Å². The summed E-state index contributed by atoms with van der Waals surface area (Å²) in [5.41, 5.74) is 7.79. The summed E-state index contributed by atoms with van der Waals surface area (Å²) in [6, 6.07) is 22.7. The number of nitrogens with zero attached hydrogens (tertiary/aromatic N) is 3. The summed E-state index contributed by atoms with van der Waals surface area (Å²) in [6.45, 7) is 6.70. The first-order chi connectivity index (χ1) is 21.7. The van der Waals surface area contributed by atoms with Gasteiger partial charge in [-0.15, -0.1) is 0 Å². The SMILES string of the molecule is COc1ccc(-c2ccc(Cn3c(CC(C)(C)C(=O)O)c(CC4CCC4)c4cc(OCc5ccc(C)cn5)ccc43)cc2)cn1. The van der Waals surface area contributed by atoms with Gasteiger partial charge >= 0.3 is 5.97 Å². The zero-order valence-corrected chi connectivity index (χ0v) is 26.5. The molecule has 0 radical (unpaired) electrons. The molecule has 0 amide bonds. The molecule has 232 valence electrons. The van der Waals surface area contributed by atoms with Crippen LogP contribution in [0.1, 0.15) is 61.2 Å². The average Bonchev–Trinajstić information content (AvgIpc) is 3.29. The number of ether oxygens (including phenoxy) is 2. The maximum atomic E-state index is 12.4. The maximum Gasteiger partial charge on any atom is 0.309 e. The number of methoxy groups -OCH3 is 1. The van der Waals surface area contributed by atoms with Gasteiger partial charge in [-0.1, -0.05) is 49.6 Å². The predicted octanol–water partition coefficient (Wildman–Crippen LogP) is 8.04. The first-order valence-electron chi connectivity index (χ1n) is 15.7. The Bertz CT molecular complexity index is 1780. The predicted molar refractivity (Wildman–Crippen MR) is 177 cm³/mol. The van der Waals surface area contributed by atoms with E-state index in [1.807, 2.05) is 63.5 Å². The number of fused-ring (bicyclic) bond motifs is 1. The molecule has 3 heterocycles. The number of rotatable bonds is 12. The summed E-state index contributed by atoms with van der Waals surface area (Å²) in [6.07, 6.45) is 8.75. The van der Waals surface area contributed by atoms with Gasteiger partial charge in [0.15, 0.2) is 0 Å². The van der Waals surface area contributed by atoms with Gasteiger partial charge in [0.1, 0.15) is 12.4 Å². The Morgan fingerprint density at radius 2 is 1.76 bits per heavy atom. The molecule has 0 spiro atoms. The molecule has 1 aliphatic rings.